The minimum atomic E-state index is -0.373. The predicted octanol–water partition coefficient (Wildman–Crippen LogP) is 2.28. The van der Waals surface area contributed by atoms with Crippen LogP contribution < -0.4 is 5.32 Å². The second-order valence-corrected chi connectivity index (χ2v) is 4.50. The highest BCUT2D eigenvalue weighted by atomic mass is 16.3. The lowest BCUT2D eigenvalue weighted by Gasteiger charge is -2.11. The number of aliphatic hydroxyl groups is 1. The molecule has 2 rings (SSSR count). The summed E-state index contributed by atoms with van der Waals surface area (Å²) in [7, 11) is 0. The Balaban J connectivity index is 1.72. The molecular weight excluding hydrogens is 226 g/mol. The summed E-state index contributed by atoms with van der Waals surface area (Å²) in [5, 5.41) is 13.1. The molecule has 0 bridgehead atoms. The van der Waals surface area contributed by atoms with Crippen molar-refractivity contribution in [3.8, 4) is 0 Å². The number of rotatable bonds is 6. The fourth-order valence-corrected chi connectivity index (χ4v) is 1.90. The lowest BCUT2D eigenvalue weighted by Crippen LogP contribution is -2.28. The molecule has 1 heterocycles. The Bertz CT molecular complexity index is 464. The van der Waals surface area contributed by atoms with Gasteiger partial charge in [-0.25, -0.2) is 0 Å². The van der Waals surface area contributed by atoms with Crippen LogP contribution in [0.1, 0.15) is 16.9 Å². The molecule has 0 radical (unpaired) electrons. The Morgan fingerprint density at radius 3 is 2.67 bits per heavy atom. The van der Waals surface area contributed by atoms with Crippen molar-refractivity contribution in [2.75, 3.05) is 6.54 Å². The van der Waals surface area contributed by atoms with E-state index in [1.807, 2.05) is 43.3 Å². The fourth-order valence-electron chi connectivity index (χ4n) is 1.90. The molecule has 0 amide bonds. The van der Waals surface area contributed by atoms with Crippen LogP contribution >= 0.6 is 0 Å². The van der Waals surface area contributed by atoms with Gasteiger partial charge in [-0.3, -0.25) is 0 Å². The van der Waals surface area contributed by atoms with Crippen molar-refractivity contribution < 1.29 is 9.52 Å². The van der Waals surface area contributed by atoms with E-state index in [2.05, 4.69) is 5.32 Å². The van der Waals surface area contributed by atoms with E-state index >= 15 is 0 Å². The van der Waals surface area contributed by atoms with E-state index < -0.39 is 0 Å². The van der Waals surface area contributed by atoms with Crippen molar-refractivity contribution in [2.24, 2.45) is 0 Å². The van der Waals surface area contributed by atoms with Gasteiger partial charge in [0.15, 0.2) is 0 Å². The Morgan fingerprint density at radius 2 is 2.00 bits per heavy atom. The molecule has 0 aliphatic heterocycles. The first-order chi connectivity index (χ1) is 8.75. The topological polar surface area (TPSA) is 45.4 Å². The van der Waals surface area contributed by atoms with Gasteiger partial charge in [0.1, 0.15) is 5.76 Å². The highest BCUT2D eigenvalue weighted by Crippen LogP contribution is 2.08. The van der Waals surface area contributed by atoms with Gasteiger partial charge in [0.25, 0.3) is 0 Å². The maximum absolute atomic E-state index is 9.91. The van der Waals surface area contributed by atoms with Crippen LogP contribution in [-0.2, 0) is 13.0 Å². The third-order valence-electron chi connectivity index (χ3n) is 2.95. The highest BCUT2D eigenvalue weighted by molar-refractivity contribution is 5.16. The summed E-state index contributed by atoms with van der Waals surface area (Å²) < 4.78 is 5.32. The molecule has 0 saturated carbocycles. The number of benzene rings is 1. The first-order valence-electron chi connectivity index (χ1n) is 6.21. The van der Waals surface area contributed by atoms with Crippen molar-refractivity contribution in [3.05, 3.63) is 59.5 Å². The molecule has 0 aliphatic carbocycles. The molecule has 3 heteroatoms. The van der Waals surface area contributed by atoms with Crippen LogP contribution in [-0.4, -0.2) is 17.8 Å². The number of hydrogen-bond acceptors (Lipinski definition) is 3. The summed E-state index contributed by atoms with van der Waals surface area (Å²) in [6, 6.07) is 12.0. The van der Waals surface area contributed by atoms with Gasteiger partial charge in [0.2, 0.25) is 0 Å². The second kappa shape index (κ2) is 6.38. The van der Waals surface area contributed by atoms with Crippen molar-refractivity contribution >= 4 is 0 Å². The quantitative estimate of drug-likeness (QED) is 0.820. The van der Waals surface area contributed by atoms with Gasteiger partial charge in [-0.05, 0) is 30.5 Å². The zero-order chi connectivity index (χ0) is 12.8. The van der Waals surface area contributed by atoms with E-state index in [4.69, 9.17) is 4.42 Å². The Kier molecular flexibility index (Phi) is 4.56. The minimum absolute atomic E-state index is 0.373. The minimum Gasteiger partial charge on any atom is -0.468 e. The number of nitrogens with one attached hydrogen (secondary N) is 1. The average Bonchev–Trinajstić information content (AvgIpc) is 2.76. The predicted molar refractivity (Wildman–Crippen MR) is 71.3 cm³/mol. The lowest BCUT2D eigenvalue weighted by molar-refractivity contribution is 0.170. The molecule has 3 nitrogen and oxygen atoms in total. The van der Waals surface area contributed by atoms with E-state index in [9.17, 15) is 5.11 Å². The number of furan rings is 1. The molecule has 0 fully saturated rings. The smallest absolute Gasteiger partial charge is 0.120 e. The standard InChI is InChI=1S/C15H19NO2/c1-12-7-8-18-15(12)11-16-10-14(17)9-13-5-3-2-4-6-13/h2-8,14,16-17H,9-11H2,1H3. The molecule has 1 atom stereocenters. The molecule has 1 aromatic carbocycles. The first-order valence-corrected chi connectivity index (χ1v) is 6.21. The van der Waals surface area contributed by atoms with Crippen molar-refractivity contribution in [3.63, 3.8) is 0 Å². The zero-order valence-corrected chi connectivity index (χ0v) is 10.6. The van der Waals surface area contributed by atoms with E-state index in [-0.39, 0.29) is 6.10 Å². The van der Waals surface area contributed by atoms with Crippen LogP contribution in [0.25, 0.3) is 0 Å². The van der Waals surface area contributed by atoms with Crippen LogP contribution in [0.5, 0.6) is 0 Å². The third-order valence-corrected chi connectivity index (χ3v) is 2.95. The molecule has 0 saturated heterocycles. The number of aryl methyl sites for hydroxylation is 1. The monoisotopic (exact) mass is 245 g/mol. The Morgan fingerprint density at radius 1 is 1.22 bits per heavy atom. The SMILES string of the molecule is Cc1ccoc1CNCC(O)Cc1ccccc1. The summed E-state index contributed by atoms with van der Waals surface area (Å²) in [4.78, 5) is 0. The molecule has 1 aromatic heterocycles. The summed E-state index contributed by atoms with van der Waals surface area (Å²) in [5.41, 5.74) is 2.29. The second-order valence-electron chi connectivity index (χ2n) is 4.50. The van der Waals surface area contributed by atoms with E-state index in [0.717, 1.165) is 16.9 Å². The van der Waals surface area contributed by atoms with Crippen molar-refractivity contribution in [2.45, 2.75) is 26.0 Å². The third kappa shape index (κ3) is 3.72. The largest absolute Gasteiger partial charge is 0.468 e. The molecule has 18 heavy (non-hydrogen) atoms. The molecule has 96 valence electrons. The van der Waals surface area contributed by atoms with Gasteiger partial charge < -0.3 is 14.8 Å². The summed E-state index contributed by atoms with van der Waals surface area (Å²) in [6.07, 6.45) is 1.99. The van der Waals surface area contributed by atoms with Crippen LogP contribution in [0, 0.1) is 6.92 Å². The normalized spacial score (nSPS) is 12.6. The van der Waals surface area contributed by atoms with E-state index in [1.165, 1.54) is 0 Å². The van der Waals surface area contributed by atoms with Gasteiger partial charge in [-0.1, -0.05) is 30.3 Å². The van der Waals surface area contributed by atoms with Crippen LogP contribution in [0.15, 0.2) is 47.1 Å². The van der Waals surface area contributed by atoms with Gasteiger partial charge in [0.05, 0.1) is 18.9 Å². The molecule has 1 unspecified atom stereocenters. The van der Waals surface area contributed by atoms with Crippen LogP contribution in [0.4, 0.5) is 0 Å². The summed E-state index contributed by atoms with van der Waals surface area (Å²) in [5.74, 6) is 0.932. The summed E-state index contributed by atoms with van der Waals surface area (Å²) in [6.45, 7) is 3.24. The van der Waals surface area contributed by atoms with E-state index in [0.29, 0.717) is 19.5 Å². The molecule has 2 aromatic rings. The number of aliphatic hydroxyl groups excluding tert-OH is 1. The molecule has 0 aliphatic rings. The van der Waals surface area contributed by atoms with Crippen molar-refractivity contribution in [1.29, 1.82) is 0 Å². The van der Waals surface area contributed by atoms with Crippen LogP contribution in [0.3, 0.4) is 0 Å². The molecular formula is C15H19NO2. The fraction of sp³-hybridized carbons (Fsp3) is 0.333. The van der Waals surface area contributed by atoms with Gasteiger partial charge >= 0.3 is 0 Å². The number of hydrogen-bond donors (Lipinski definition) is 2. The van der Waals surface area contributed by atoms with Gasteiger partial charge in [0, 0.05) is 6.54 Å². The Hall–Kier alpha value is -1.58. The maximum atomic E-state index is 9.91. The Labute approximate surface area is 107 Å². The van der Waals surface area contributed by atoms with Gasteiger partial charge in [-0.2, -0.15) is 0 Å². The van der Waals surface area contributed by atoms with Crippen molar-refractivity contribution in [1.82, 2.24) is 5.32 Å². The zero-order valence-electron chi connectivity index (χ0n) is 10.6. The van der Waals surface area contributed by atoms with Gasteiger partial charge in [-0.15, -0.1) is 0 Å². The van der Waals surface area contributed by atoms with Crippen LogP contribution in [0.2, 0.25) is 0 Å². The lowest BCUT2D eigenvalue weighted by atomic mass is 10.1. The maximum Gasteiger partial charge on any atom is 0.120 e. The summed E-state index contributed by atoms with van der Waals surface area (Å²) >= 11 is 0. The average molecular weight is 245 g/mol. The molecule has 2 N–H and O–H groups in total. The van der Waals surface area contributed by atoms with E-state index in [1.54, 1.807) is 6.26 Å². The highest BCUT2D eigenvalue weighted by Gasteiger charge is 2.06. The first kappa shape index (κ1) is 12.9. The molecule has 0 spiro atoms.